The lowest BCUT2D eigenvalue weighted by molar-refractivity contribution is 0.0955. The first-order chi connectivity index (χ1) is 13.0. The van der Waals surface area contributed by atoms with Gasteiger partial charge in [-0.05, 0) is 42.3 Å². The van der Waals surface area contributed by atoms with E-state index in [1.54, 1.807) is 42.4 Å². The fourth-order valence-electron chi connectivity index (χ4n) is 2.28. The lowest BCUT2D eigenvalue weighted by atomic mass is 10.1. The number of aryl methyl sites for hydroxylation is 1. The van der Waals surface area contributed by atoms with Crippen molar-refractivity contribution in [1.29, 1.82) is 0 Å². The van der Waals surface area contributed by atoms with Crippen LogP contribution in [0.15, 0.2) is 65.1 Å². The van der Waals surface area contributed by atoms with Crippen molar-refractivity contribution in [3.63, 3.8) is 0 Å². The van der Waals surface area contributed by atoms with Gasteiger partial charge in [0.05, 0.1) is 5.71 Å². The second kappa shape index (κ2) is 8.83. The van der Waals surface area contributed by atoms with Gasteiger partial charge in [0.25, 0.3) is 5.91 Å². The molecule has 0 spiro atoms. The van der Waals surface area contributed by atoms with Crippen LogP contribution in [0.4, 0.5) is 0 Å². The lowest BCUT2D eigenvalue weighted by Crippen LogP contribution is -2.19. The van der Waals surface area contributed by atoms with Gasteiger partial charge in [-0.1, -0.05) is 47.6 Å². The molecule has 0 fully saturated rings. The predicted octanol–water partition coefficient (Wildman–Crippen LogP) is 3.91. The van der Waals surface area contributed by atoms with Crippen LogP contribution >= 0.6 is 23.4 Å². The van der Waals surface area contributed by atoms with E-state index in [1.165, 1.54) is 0 Å². The topological polar surface area (TPSA) is 72.2 Å². The summed E-state index contributed by atoms with van der Waals surface area (Å²) in [6.07, 6.45) is 1.67. The average molecular weight is 400 g/mol. The van der Waals surface area contributed by atoms with Gasteiger partial charge in [0.1, 0.15) is 6.33 Å². The number of nitrogens with one attached hydrogen (secondary N) is 1. The van der Waals surface area contributed by atoms with E-state index in [4.69, 9.17) is 11.6 Å². The molecule has 1 heterocycles. The molecule has 1 N–H and O–H groups in total. The molecule has 0 unspecified atom stereocenters. The van der Waals surface area contributed by atoms with E-state index in [1.807, 2.05) is 42.8 Å². The van der Waals surface area contributed by atoms with Gasteiger partial charge in [-0.15, -0.1) is 10.2 Å². The Morgan fingerprint density at radius 2 is 2.00 bits per heavy atom. The van der Waals surface area contributed by atoms with E-state index in [9.17, 15) is 4.79 Å². The van der Waals surface area contributed by atoms with Crippen molar-refractivity contribution in [3.8, 4) is 0 Å². The van der Waals surface area contributed by atoms with Gasteiger partial charge in [0.15, 0.2) is 5.16 Å². The molecule has 0 aliphatic rings. The first kappa shape index (κ1) is 19.1. The van der Waals surface area contributed by atoms with Crippen LogP contribution < -0.4 is 5.43 Å². The fraction of sp³-hybridized carbons (Fsp3) is 0.158. The lowest BCUT2D eigenvalue weighted by Gasteiger charge is -2.05. The summed E-state index contributed by atoms with van der Waals surface area (Å²) in [5.41, 5.74) is 5.76. The quantitative estimate of drug-likeness (QED) is 0.387. The van der Waals surface area contributed by atoms with Crippen LogP contribution in [0.1, 0.15) is 28.4 Å². The molecule has 0 aliphatic heterocycles. The molecule has 0 aliphatic carbocycles. The van der Waals surface area contributed by atoms with Crippen LogP contribution in [0.25, 0.3) is 0 Å². The minimum atomic E-state index is -0.260. The van der Waals surface area contributed by atoms with E-state index in [0.717, 1.165) is 22.0 Å². The molecular weight excluding hydrogens is 382 g/mol. The van der Waals surface area contributed by atoms with Gasteiger partial charge in [-0.3, -0.25) is 4.79 Å². The molecule has 2 aromatic carbocycles. The van der Waals surface area contributed by atoms with Crippen molar-refractivity contribution in [2.24, 2.45) is 12.1 Å². The Morgan fingerprint density at radius 3 is 2.67 bits per heavy atom. The zero-order valence-electron chi connectivity index (χ0n) is 14.9. The van der Waals surface area contributed by atoms with Crippen LogP contribution in [0.3, 0.4) is 0 Å². The molecule has 3 rings (SSSR count). The van der Waals surface area contributed by atoms with Crippen molar-refractivity contribution < 1.29 is 4.79 Å². The summed E-state index contributed by atoms with van der Waals surface area (Å²) in [4.78, 5) is 12.3. The second-order valence-electron chi connectivity index (χ2n) is 5.86. The largest absolute Gasteiger partial charge is 0.312 e. The monoisotopic (exact) mass is 399 g/mol. The first-order valence-corrected chi connectivity index (χ1v) is 9.55. The third-order valence-corrected chi connectivity index (χ3v) is 5.16. The molecule has 1 amide bonds. The number of rotatable bonds is 6. The summed E-state index contributed by atoms with van der Waals surface area (Å²) < 4.78 is 1.87. The van der Waals surface area contributed by atoms with Crippen molar-refractivity contribution in [3.05, 3.63) is 76.6 Å². The number of nitrogens with zero attached hydrogens (tertiary/aromatic N) is 4. The Bertz CT molecular complexity index is 968. The molecule has 1 aromatic heterocycles. The zero-order valence-corrected chi connectivity index (χ0v) is 16.5. The highest BCUT2D eigenvalue weighted by Crippen LogP contribution is 2.20. The van der Waals surface area contributed by atoms with Crippen LogP contribution in [0.2, 0.25) is 5.02 Å². The maximum Gasteiger partial charge on any atom is 0.271 e. The number of hydrazone groups is 1. The molecule has 0 atom stereocenters. The maximum absolute atomic E-state index is 12.3. The first-order valence-electron chi connectivity index (χ1n) is 8.19. The van der Waals surface area contributed by atoms with Crippen molar-refractivity contribution >= 4 is 35.0 Å². The Kier molecular flexibility index (Phi) is 6.26. The van der Waals surface area contributed by atoms with E-state index in [0.29, 0.717) is 16.3 Å². The number of carbonyl (C=O) groups excluding carboxylic acids is 1. The van der Waals surface area contributed by atoms with Gasteiger partial charge in [-0.2, -0.15) is 5.10 Å². The molecule has 0 saturated heterocycles. The molecule has 3 aromatic rings. The molecule has 0 bridgehead atoms. The maximum atomic E-state index is 12.3. The van der Waals surface area contributed by atoms with Gasteiger partial charge >= 0.3 is 0 Å². The molecule has 27 heavy (non-hydrogen) atoms. The average Bonchev–Trinajstić information content (AvgIpc) is 3.09. The van der Waals surface area contributed by atoms with E-state index < -0.39 is 0 Å². The number of hydrogen-bond donors (Lipinski definition) is 1. The number of benzene rings is 2. The van der Waals surface area contributed by atoms with Gasteiger partial charge < -0.3 is 4.57 Å². The Labute approximate surface area is 166 Å². The third kappa shape index (κ3) is 5.18. The summed E-state index contributed by atoms with van der Waals surface area (Å²) in [5.74, 6) is 0.490. The number of hydrogen-bond acceptors (Lipinski definition) is 5. The zero-order chi connectivity index (χ0) is 19.2. The minimum Gasteiger partial charge on any atom is -0.312 e. The van der Waals surface area contributed by atoms with Gasteiger partial charge in [0.2, 0.25) is 0 Å². The van der Waals surface area contributed by atoms with E-state index in [2.05, 4.69) is 20.7 Å². The minimum absolute atomic E-state index is 0.260. The highest BCUT2D eigenvalue weighted by molar-refractivity contribution is 7.98. The number of carbonyl (C=O) groups is 1. The molecule has 0 radical (unpaired) electrons. The normalized spacial score (nSPS) is 11.4. The summed E-state index contributed by atoms with van der Waals surface area (Å²) in [6.45, 7) is 1.82. The van der Waals surface area contributed by atoms with Crippen molar-refractivity contribution in [2.45, 2.75) is 17.8 Å². The molecule has 6 nitrogen and oxygen atoms in total. The SMILES string of the molecule is C/C(=N/NC(=O)c1ccc(CSc2nncn2C)cc1)c1cccc(Cl)c1. The molecule has 138 valence electrons. The van der Waals surface area contributed by atoms with Gasteiger partial charge in [0, 0.05) is 23.4 Å². The highest BCUT2D eigenvalue weighted by atomic mass is 35.5. The molecule has 0 saturated carbocycles. The number of halogens is 1. The van der Waals surface area contributed by atoms with Gasteiger partial charge in [-0.25, -0.2) is 5.43 Å². The number of aromatic nitrogens is 3. The highest BCUT2D eigenvalue weighted by Gasteiger charge is 2.07. The Hall–Kier alpha value is -2.64. The smallest absolute Gasteiger partial charge is 0.271 e. The second-order valence-corrected chi connectivity index (χ2v) is 7.24. The summed E-state index contributed by atoms with van der Waals surface area (Å²) >= 11 is 7.57. The molecule has 8 heteroatoms. The van der Waals surface area contributed by atoms with E-state index in [-0.39, 0.29) is 5.91 Å². The Balaban J connectivity index is 1.58. The van der Waals surface area contributed by atoms with Crippen molar-refractivity contribution in [1.82, 2.24) is 20.2 Å². The summed E-state index contributed by atoms with van der Waals surface area (Å²) in [5, 5.41) is 13.5. The van der Waals surface area contributed by atoms with Crippen LogP contribution in [0, 0.1) is 0 Å². The third-order valence-electron chi connectivity index (χ3n) is 3.82. The van der Waals surface area contributed by atoms with Crippen LogP contribution in [0.5, 0.6) is 0 Å². The van der Waals surface area contributed by atoms with Crippen LogP contribution in [-0.2, 0) is 12.8 Å². The number of amides is 1. The Morgan fingerprint density at radius 1 is 1.22 bits per heavy atom. The number of thioether (sulfide) groups is 1. The fourth-order valence-corrected chi connectivity index (χ4v) is 3.31. The standard InChI is InChI=1S/C19H18ClN5OS/c1-13(16-4-3-5-17(20)10-16)22-23-18(26)15-8-6-14(7-9-15)11-27-19-24-21-12-25(19)2/h3-10,12H,11H2,1-2H3,(H,23,26)/b22-13-. The van der Waals surface area contributed by atoms with E-state index >= 15 is 0 Å². The van der Waals surface area contributed by atoms with Crippen LogP contribution in [-0.4, -0.2) is 26.4 Å². The predicted molar refractivity (Wildman–Crippen MR) is 108 cm³/mol. The molecular formula is C19H18ClN5OS. The summed E-state index contributed by atoms with van der Waals surface area (Å²) in [6, 6.07) is 14.7. The van der Waals surface area contributed by atoms with Crippen molar-refractivity contribution in [2.75, 3.05) is 0 Å². The summed E-state index contributed by atoms with van der Waals surface area (Å²) in [7, 11) is 1.90.